The van der Waals surface area contributed by atoms with Crippen LogP contribution >= 0.6 is 11.3 Å². The van der Waals surface area contributed by atoms with E-state index in [1.165, 1.54) is 21.4 Å². The summed E-state index contributed by atoms with van der Waals surface area (Å²) >= 11 is 1.73. The molecule has 4 nitrogen and oxygen atoms in total. The predicted molar refractivity (Wildman–Crippen MR) is 87.9 cm³/mol. The van der Waals surface area contributed by atoms with Gasteiger partial charge in [-0.25, -0.2) is 9.97 Å². The van der Waals surface area contributed by atoms with Gasteiger partial charge in [-0.1, -0.05) is 6.07 Å². The lowest BCUT2D eigenvalue weighted by Crippen LogP contribution is -2.05. The molecule has 0 aliphatic heterocycles. The fourth-order valence-electron chi connectivity index (χ4n) is 2.36. The molecule has 0 saturated carbocycles. The lowest BCUT2D eigenvalue weighted by molar-refractivity contribution is 0.855. The first-order valence-electron chi connectivity index (χ1n) is 7.09. The van der Waals surface area contributed by atoms with E-state index in [1.54, 1.807) is 23.9 Å². The third-order valence-electron chi connectivity index (χ3n) is 3.62. The topological polar surface area (TPSA) is 50.7 Å². The molecule has 3 heterocycles. The van der Waals surface area contributed by atoms with Crippen LogP contribution in [0, 0.1) is 13.8 Å². The van der Waals surface area contributed by atoms with E-state index in [0.717, 1.165) is 30.0 Å². The minimum Gasteiger partial charge on any atom is -0.369 e. The van der Waals surface area contributed by atoms with E-state index in [9.17, 15) is 0 Å². The Morgan fingerprint density at radius 1 is 1.24 bits per heavy atom. The Morgan fingerprint density at radius 2 is 2.14 bits per heavy atom. The van der Waals surface area contributed by atoms with Crippen molar-refractivity contribution in [2.45, 2.75) is 26.7 Å². The second kappa shape index (κ2) is 6.18. The minimum absolute atomic E-state index is 0.898. The molecule has 0 spiro atoms. The van der Waals surface area contributed by atoms with E-state index in [1.807, 2.05) is 12.3 Å². The third kappa shape index (κ3) is 3.03. The van der Waals surface area contributed by atoms with Crippen molar-refractivity contribution in [3.05, 3.63) is 46.9 Å². The molecule has 0 aromatic carbocycles. The Bertz CT molecular complexity index is 737. The molecule has 108 valence electrons. The lowest BCUT2D eigenvalue weighted by Gasteiger charge is -2.07. The van der Waals surface area contributed by atoms with Crippen molar-refractivity contribution in [2.24, 2.45) is 0 Å². The monoisotopic (exact) mass is 298 g/mol. The maximum atomic E-state index is 4.40. The van der Waals surface area contributed by atoms with Crippen LogP contribution < -0.4 is 5.32 Å². The van der Waals surface area contributed by atoms with Crippen molar-refractivity contribution in [3.63, 3.8) is 0 Å². The summed E-state index contributed by atoms with van der Waals surface area (Å²) in [5.41, 5.74) is 2.56. The van der Waals surface area contributed by atoms with Gasteiger partial charge >= 0.3 is 0 Å². The van der Waals surface area contributed by atoms with Gasteiger partial charge in [0.1, 0.15) is 17.0 Å². The van der Waals surface area contributed by atoms with E-state index in [-0.39, 0.29) is 0 Å². The molecule has 0 saturated heterocycles. The summed E-state index contributed by atoms with van der Waals surface area (Å²) in [4.78, 5) is 15.3. The van der Waals surface area contributed by atoms with Gasteiger partial charge in [-0.3, -0.25) is 4.98 Å². The molecule has 3 rings (SSSR count). The molecule has 0 fully saturated rings. The summed E-state index contributed by atoms with van der Waals surface area (Å²) in [5.74, 6) is 0.952. The summed E-state index contributed by atoms with van der Waals surface area (Å²) in [5, 5.41) is 4.62. The highest BCUT2D eigenvalue weighted by molar-refractivity contribution is 7.18. The highest BCUT2D eigenvalue weighted by Crippen LogP contribution is 2.32. The van der Waals surface area contributed by atoms with Gasteiger partial charge < -0.3 is 5.32 Å². The molecule has 0 bridgehead atoms. The Labute approximate surface area is 128 Å². The minimum atomic E-state index is 0.898. The number of nitrogens with one attached hydrogen (secondary N) is 1. The molecule has 0 unspecified atom stereocenters. The Morgan fingerprint density at radius 3 is 2.95 bits per heavy atom. The van der Waals surface area contributed by atoms with E-state index in [2.05, 4.69) is 40.2 Å². The van der Waals surface area contributed by atoms with E-state index in [4.69, 9.17) is 0 Å². The van der Waals surface area contributed by atoms with Crippen LogP contribution in [0.2, 0.25) is 0 Å². The molecule has 0 atom stereocenters. The predicted octanol–water partition coefficient (Wildman–Crippen LogP) is 3.75. The van der Waals surface area contributed by atoms with Crippen LogP contribution in [0.4, 0.5) is 5.82 Å². The van der Waals surface area contributed by atoms with Crippen molar-refractivity contribution < 1.29 is 0 Å². The van der Waals surface area contributed by atoms with Crippen LogP contribution in [0.5, 0.6) is 0 Å². The number of aromatic nitrogens is 3. The molecule has 0 aliphatic rings. The molecular weight excluding hydrogens is 280 g/mol. The van der Waals surface area contributed by atoms with Crippen LogP contribution in [-0.4, -0.2) is 21.5 Å². The third-order valence-corrected chi connectivity index (χ3v) is 4.74. The molecule has 1 N–H and O–H groups in total. The lowest BCUT2D eigenvalue weighted by atomic mass is 10.1. The average Bonchev–Trinajstić information content (AvgIpc) is 2.80. The molecule has 0 amide bonds. The highest BCUT2D eigenvalue weighted by atomic mass is 32.1. The molecular formula is C16H18N4S. The summed E-state index contributed by atoms with van der Waals surface area (Å²) in [7, 11) is 0. The van der Waals surface area contributed by atoms with Gasteiger partial charge in [-0.05, 0) is 43.9 Å². The smallest absolute Gasteiger partial charge is 0.138 e. The number of fused-ring (bicyclic) bond motifs is 1. The zero-order valence-electron chi connectivity index (χ0n) is 12.3. The van der Waals surface area contributed by atoms with Crippen molar-refractivity contribution in [1.29, 1.82) is 0 Å². The largest absolute Gasteiger partial charge is 0.369 e. The standard InChI is InChI=1S/C16H18N4S/c1-11-12(2)21-16-14(11)15(19-10-20-16)18-8-4-6-13-5-3-7-17-9-13/h3,5,7,9-10H,4,6,8H2,1-2H3,(H,18,19,20). The fourth-order valence-corrected chi connectivity index (χ4v) is 3.36. The Kier molecular flexibility index (Phi) is 4.10. The van der Waals surface area contributed by atoms with Gasteiger partial charge in [0.05, 0.1) is 5.39 Å². The van der Waals surface area contributed by atoms with Crippen LogP contribution in [-0.2, 0) is 6.42 Å². The second-order valence-electron chi connectivity index (χ2n) is 5.08. The Balaban J connectivity index is 1.66. The summed E-state index contributed by atoms with van der Waals surface area (Å²) in [6.45, 7) is 5.17. The molecule has 0 aliphatic carbocycles. The SMILES string of the molecule is Cc1sc2ncnc(NCCCc3cccnc3)c2c1C. The van der Waals surface area contributed by atoms with Crippen molar-refractivity contribution in [2.75, 3.05) is 11.9 Å². The normalized spacial score (nSPS) is 11.0. The van der Waals surface area contributed by atoms with E-state index in [0.29, 0.717) is 0 Å². The number of thiophene rings is 1. The first-order valence-corrected chi connectivity index (χ1v) is 7.91. The molecule has 5 heteroatoms. The zero-order valence-corrected chi connectivity index (χ0v) is 13.1. The fraction of sp³-hybridized carbons (Fsp3) is 0.312. The number of aryl methyl sites for hydroxylation is 3. The Hall–Kier alpha value is -2.01. The van der Waals surface area contributed by atoms with Crippen molar-refractivity contribution in [1.82, 2.24) is 15.0 Å². The summed E-state index contributed by atoms with van der Waals surface area (Å²) in [6, 6.07) is 4.09. The summed E-state index contributed by atoms with van der Waals surface area (Å²) in [6.07, 6.45) is 7.45. The first kappa shape index (κ1) is 13.9. The number of rotatable bonds is 5. The summed E-state index contributed by atoms with van der Waals surface area (Å²) < 4.78 is 0. The quantitative estimate of drug-likeness (QED) is 0.729. The van der Waals surface area contributed by atoms with Gasteiger partial charge in [-0.2, -0.15) is 0 Å². The highest BCUT2D eigenvalue weighted by Gasteiger charge is 2.11. The number of pyridine rings is 1. The average molecular weight is 298 g/mol. The molecule has 3 aromatic rings. The number of hydrogen-bond donors (Lipinski definition) is 1. The number of hydrogen-bond acceptors (Lipinski definition) is 5. The maximum Gasteiger partial charge on any atom is 0.138 e. The van der Waals surface area contributed by atoms with Crippen LogP contribution in [0.25, 0.3) is 10.2 Å². The number of anilines is 1. The zero-order chi connectivity index (χ0) is 14.7. The van der Waals surface area contributed by atoms with Crippen LogP contribution in [0.1, 0.15) is 22.4 Å². The van der Waals surface area contributed by atoms with Gasteiger partial charge in [-0.15, -0.1) is 11.3 Å². The van der Waals surface area contributed by atoms with Crippen LogP contribution in [0.3, 0.4) is 0 Å². The van der Waals surface area contributed by atoms with Gasteiger partial charge in [0.25, 0.3) is 0 Å². The van der Waals surface area contributed by atoms with Gasteiger partial charge in [0.15, 0.2) is 0 Å². The van der Waals surface area contributed by atoms with Crippen LogP contribution in [0.15, 0.2) is 30.9 Å². The van der Waals surface area contributed by atoms with E-state index < -0.39 is 0 Å². The molecule has 0 radical (unpaired) electrons. The first-order chi connectivity index (χ1) is 10.3. The van der Waals surface area contributed by atoms with Gasteiger partial charge in [0, 0.05) is 23.8 Å². The number of nitrogens with zero attached hydrogens (tertiary/aromatic N) is 3. The molecule has 3 aromatic heterocycles. The maximum absolute atomic E-state index is 4.40. The van der Waals surface area contributed by atoms with Crippen molar-refractivity contribution >= 4 is 27.4 Å². The van der Waals surface area contributed by atoms with E-state index >= 15 is 0 Å². The van der Waals surface area contributed by atoms with Crippen molar-refractivity contribution in [3.8, 4) is 0 Å². The second-order valence-corrected chi connectivity index (χ2v) is 6.28. The molecule has 21 heavy (non-hydrogen) atoms. The van der Waals surface area contributed by atoms with Gasteiger partial charge in [0.2, 0.25) is 0 Å².